The molecule has 1 aliphatic rings. The lowest BCUT2D eigenvalue weighted by molar-refractivity contribution is 0.102. The van der Waals surface area contributed by atoms with Crippen LogP contribution in [-0.4, -0.2) is 18.0 Å². The highest BCUT2D eigenvalue weighted by molar-refractivity contribution is 9.10. The van der Waals surface area contributed by atoms with E-state index >= 15 is 0 Å². The Kier molecular flexibility index (Phi) is 3.76. The van der Waals surface area contributed by atoms with Gasteiger partial charge in [0.25, 0.3) is 5.91 Å². The lowest BCUT2D eigenvalue weighted by Gasteiger charge is -2.08. The quantitative estimate of drug-likeness (QED) is 0.703. The van der Waals surface area contributed by atoms with Crippen LogP contribution >= 0.6 is 15.9 Å². The average molecular weight is 387 g/mol. The fraction of sp³-hybridized carbons (Fsp3) is 0.222. The fourth-order valence-electron chi connectivity index (χ4n) is 2.53. The molecule has 3 aromatic rings. The number of rotatable bonds is 4. The second kappa shape index (κ2) is 5.94. The third kappa shape index (κ3) is 2.89. The van der Waals surface area contributed by atoms with Crippen molar-refractivity contribution in [2.45, 2.75) is 18.8 Å². The van der Waals surface area contributed by atoms with Gasteiger partial charge in [-0.25, -0.2) is 4.98 Å². The molecule has 0 radical (unpaired) electrons. The number of amides is 1. The van der Waals surface area contributed by atoms with Crippen LogP contribution in [0.25, 0.3) is 11.1 Å². The minimum absolute atomic E-state index is 0.217. The molecule has 6 heteroatoms. The van der Waals surface area contributed by atoms with E-state index in [1.807, 2.05) is 18.2 Å². The Morgan fingerprint density at radius 2 is 2.12 bits per heavy atom. The van der Waals surface area contributed by atoms with E-state index in [0.717, 1.165) is 29.8 Å². The first-order valence-electron chi connectivity index (χ1n) is 7.69. The zero-order valence-corrected chi connectivity index (χ0v) is 14.6. The molecule has 1 fully saturated rings. The van der Waals surface area contributed by atoms with Crippen molar-refractivity contribution in [3.8, 4) is 5.75 Å². The molecule has 1 heterocycles. The topological polar surface area (TPSA) is 64.4 Å². The minimum Gasteiger partial charge on any atom is -0.497 e. The van der Waals surface area contributed by atoms with Gasteiger partial charge in [-0.15, -0.1) is 0 Å². The lowest BCUT2D eigenvalue weighted by atomic mass is 10.2. The van der Waals surface area contributed by atoms with Gasteiger partial charge in [-0.3, -0.25) is 4.79 Å². The molecule has 2 aromatic carbocycles. The van der Waals surface area contributed by atoms with Gasteiger partial charge in [0.2, 0.25) is 0 Å². The Morgan fingerprint density at radius 1 is 1.29 bits per heavy atom. The number of halogens is 1. The second-order valence-electron chi connectivity index (χ2n) is 5.81. The molecule has 0 spiro atoms. The molecule has 1 aliphatic carbocycles. The van der Waals surface area contributed by atoms with E-state index in [9.17, 15) is 4.79 Å². The number of benzene rings is 2. The Bertz CT molecular complexity index is 931. The van der Waals surface area contributed by atoms with Crippen molar-refractivity contribution < 1.29 is 13.9 Å². The van der Waals surface area contributed by atoms with Crippen LogP contribution in [0.15, 0.2) is 45.3 Å². The van der Waals surface area contributed by atoms with Crippen molar-refractivity contribution in [3.63, 3.8) is 0 Å². The van der Waals surface area contributed by atoms with Gasteiger partial charge in [0.15, 0.2) is 11.5 Å². The van der Waals surface area contributed by atoms with E-state index in [0.29, 0.717) is 27.4 Å². The molecule has 0 aliphatic heterocycles. The highest BCUT2D eigenvalue weighted by Crippen LogP contribution is 2.40. The van der Waals surface area contributed by atoms with E-state index in [1.54, 1.807) is 25.3 Å². The predicted octanol–water partition coefficient (Wildman–Crippen LogP) is 4.73. The molecule has 24 heavy (non-hydrogen) atoms. The summed E-state index contributed by atoms with van der Waals surface area (Å²) in [5.41, 5.74) is 2.70. The molecule has 4 rings (SSSR count). The molecular weight excluding hydrogens is 372 g/mol. The maximum absolute atomic E-state index is 12.5. The fourth-order valence-corrected chi connectivity index (χ4v) is 2.96. The summed E-state index contributed by atoms with van der Waals surface area (Å²) in [6.07, 6.45) is 2.28. The summed E-state index contributed by atoms with van der Waals surface area (Å²) in [4.78, 5) is 17.0. The number of oxazole rings is 1. The monoisotopic (exact) mass is 386 g/mol. The number of hydrogen-bond donors (Lipinski definition) is 1. The molecule has 5 nitrogen and oxygen atoms in total. The van der Waals surface area contributed by atoms with Gasteiger partial charge in [0.05, 0.1) is 12.7 Å². The van der Waals surface area contributed by atoms with Crippen molar-refractivity contribution >= 4 is 38.6 Å². The number of carbonyl (C=O) groups is 1. The van der Waals surface area contributed by atoms with Gasteiger partial charge in [-0.05, 0) is 65.2 Å². The first kappa shape index (κ1) is 15.2. The Labute approximate surface area is 147 Å². The lowest BCUT2D eigenvalue weighted by Crippen LogP contribution is -2.12. The number of carbonyl (C=O) groups excluding carboxylic acids is 1. The van der Waals surface area contributed by atoms with E-state index < -0.39 is 0 Å². The van der Waals surface area contributed by atoms with E-state index in [1.165, 1.54) is 0 Å². The van der Waals surface area contributed by atoms with Crippen LogP contribution in [-0.2, 0) is 0 Å². The predicted molar refractivity (Wildman–Crippen MR) is 94.6 cm³/mol. The number of anilines is 1. The maximum atomic E-state index is 12.5. The van der Waals surface area contributed by atoms with Crippen LogP contribution < -0.4 is 10.1 Å². The van der Waals surface area contributed by atoms with Crippen LogP contribution in [0.1, 0.15) is 35.0 Å². The summed E-state index contributed by atoms with van der Waals surface area (Å²) in [7, 11) is 1.57. The first-order chi connectivity index (χ1) is 11.6. The third-order valence-corrected chi connectivity index (χ3v) is 4.70. The summed E-state index contributed by atoms with van der Waals surface area (Å²) in [5.74, 6) is 1.67. The summed E-state index contributed by atoms with van der Waals surface area (Å²) >= 11 is 3.40. The number of hydrogen-bond acceptors (Lipinski definition) is 4. The van der Waals surface area contributed by atoms with Crippen molar-refractivity contribution in [1.29, 1.82) is 0 Å². The van der Waals surface area contributed by atoms with E-state index in [4.69, 9.17) is 9.15 Å². The number of fused-ring (bicyclic) bond motifs is 1. The molecule has 0 saturated heterocycles. The number of nitrogens with zero attached hydrogens (tertiary/aromatic N) is 1. The number of ether oxygens (including phenoxy) is 1. The number of methoxy groups -OCH3 is 1. The summed E-state index contributed by atoms with van der Waals surface area (Å²) in [6.45, 7) is 0. The van der Waals surface area contributed by atoms with Crippen molar-refractivity contribution in [3.05, 3.63) is 52.3 Å². The van der Waals surface area contributed by atoms with Crippen molar-refractivity contribution in [1.82, 2.24) is 4.98 Å². The van der Waals surface area contributed by atoms with Gasteiger partial charge in [-0.1, -0.05) is 0 Å². The minimum atomic E-state index is -0.217. The van der Waals surface area contributed by atoms with Crippen LogP contribution in [0.5, 0.6) is 5.75 Å². The molecule has 0 atom stereocenters. The standard InChI is InChI=1S/C18H15BrN2O3/c1-23-12-5-6-14(19)13(9-12)17(22)20-11-4-7-16-15(8-11)21-18(24-16)10-2-3-10/h4-10H,2-3H2,1H3,(H,20,22). The zero-order chi connectivity index (χ0) is 16.7. The highest BCUT2D eigenvalue weighted by atomic mass is 79.9. The molecule has 0 unspecified atom stereocenters. The van der Waals surface area contributed by atoms with E-state index in [2.05, 4.69) is 26.2 Å². The van der Waals surface area contributed by atoms with Crippen LogP contribution in [0.2, 0.25) is 0 Å². The maximum Gasteiger partial charge on any atom is 0.256 e. The summed E-state index contributed by atoms with van der Waals surface area (Å²) in [5, 5.41) is 2.89. The van der Waals surface area contributed by atoms with Crippen LogP contribution in [0.4, 0.5) is 5.69 Å². The largest absolute Gasteiger partial charge is 0.497 e. The van der Waals surface area contributed by atoms with Crippen LogP contribution in [0, 0.1) is 0 Å². The molecule has 0 bridgehead atoms. The van der Waals surface area contributed by atoms with E-state index in [-0.39, 0.29) is 5.91 Å². The normalized spacial score (nSPS) is 13.9. The molecule has 1 amide bonds. The molecule has 1 N–H and O–H groups in total. The SMILES string of the molecule is COc1ccc(Br)c(C(=O)Nc2ccc3oc(C4CC4)nc3c2)c1. The van der Waals surface area contributed by atoms with Gasteiger partial charge < -0.3 is 14.5 Å². The number of nitrogens with one attached hydrogen (secondary N) is 1. The highest BCUT2D eigenvalue weighted by Gasteiger charge is 2.28. The summed E-state index contributed by atoms with van der Waals surface area (Å²) in [6, 6.07) is 10.8. The summed E-state index contributed by atoms with van der Waals surface area (Å²) < 4.78 is 11.6. The Balaban J connectivity index is 1.60. The Hall–Kier alpha value is -2.34. The average Bonchev–Trinajstić information content (AvgIpc) is 3.35. The zero-order valence-electron chi connectivity index (χ0n) is 13.0. The van der Waals surface area contributed by atoms with Crippen molar-refractivity contribution in [2.75, 3.05) is 12.4 Å². The van der Waals surface area contributed by atoms with Gasteiger partial charge in [0, 0.05) is 16.1 Å². The second-order valence-corrected chi connectivity index (χ2v) is 6.66. The molecule has 1 aromatic heterocycles. The smallest absolute Gasteiger partial charge is 0.256 e. The molecule has 122 valence electrons. The van der Waals surface area contributed by atoms with Crippen LogP contribution in [0.3, 0.4) is 0 Å². The Morgan fingerprint density at radius 3 is 2.88 bits per heavy atom. The van der Waals surface area contributed by atoms with Gasteiger partial charge >= 0.3 is 0 Å². The molecule has 1 saturated carbocycles. The van der Waals surface area contributed by atoms with Gasteiger partial charge in [-0.2, -0.15) is 0 Å². The van der Waals surface area contributed by atoms with Crippen molar-refractivity contribution in [2.24, 2.45) is 0 Å². The first-order valence-corrected chi connectivity index (χ1v) is 8.49. The number of aromatic nitrogens is 1. The van der Waals surface area contributed by atoms with Gasteiger partial charge in [0.1, 0.15) is 11.3 Å². The molecular formula is C18H15BrN2O3. The third-order valence-electron chi connectivity index (χ3n) is 4.01.